The van der Waals surface area contributed by atoms with Crippen LogP contribution in [0.2, 0.25) is 0 Å². The number of aliphatic hydroxyl groups excluding tert-OH is 2. The highest BCUT2D eigenvalue weighted by Crippen LogP contribution is 2.28. The minimum Gasteiger partial charge on any atom is -0.395 e. The molecule has 0 fully saturated rings. The molecule has 0 bridgehead atoms. The highest BCUT2D eigenvalue weighted by atomic mass is 32.1. The highest BCUT2D eigenvalue weighted by molar-refractivity contribution is 7.20. The zero-order chi connectivity index (χ0) is 23.6. The number of nitrogens with one attached hydrogen (secondary N) is 1. The summed E-state index contributed by atoms with van der Waals surface area (Å²) in [4.78, 5) is 30.2. The van der Waals surface area contributed by atoms with Gasteiger partial charge in [-0.25, -0.2) is 0 Å². The van der Waals surface area contributed by atoms with Crippen molar-refractivity contribution in [3.8, 4) is 0 Å². The van der Waals surface area contributed by atoms with Crippen molar-refractivity contribution in [3.63, 3.8) is 0 Å². The molecule has 0 aliphatic heterocycles. The number of amides is 2. The largest absolute Gasteiger partial charge is 0.395 e. The van der Waals surface area contributed by atoms with Crippen molar-refractivity contribution in [1.82, 2.24) is 15.2 Å². The van der Waals surface area contributed by atoms with Crippen LogP contribution in [-0.4, -0.2) is 71.3 Å². The lowest BCUT2D eigenvalue weighted by Gasteiger charge is -2.19. The Morgan fingerprint density at radius 3 is 2.48 bits per heavy atom. The number of carbonyl (C=O) groups excluding carboxylic acids is 2. The first kappa shape index (κ1) is 24.5. The molecular formula is C24H28N4O4S. The van der Waals surface area contributed by atoms with Crippen LogP contribution in [-0.2, 0) is 11.2 Å². The summed E-state index contributed by atoms with van der Waals surface area (Å²) in [6.07, 6.45) is 7.45. The fourth-order valence-corrected chi connectivity index (χ4v) is 4.36. The van der Waals surface area contributed by atoms with Crippen LogP contribution in [0.5, 0.6) is 0 Å². The van der Waals surface area contributed by atoms with Gasteiger partial charge in [-0.15, -0.1) is 11.3 Å². The molecule has 5 N–H and O–H groups in total. The van der Waals surface area contributed by atoms with Crippen LogP contribution < -0.4 is 11.1 Å². The Bertz CT molecular complexity index is 1110. The Hall–Kier alpha value is -3.11. The Morgan fingerprint density at radius 1 is 1.09 bits per heavy atom. The summed E-state index contributed by atoms with van der Waals surface area (Å²) in [6, 6.07) is 9.71. The maximum atomic E-state index is 12.0. The van der Waals surface area contributed by atoms with Crippen molar-refractivity contribution in [1.29, 1.82) is 0 Å². The van der Waals surface area contributed by atoms with Gasteiger partial charge in [0.15, 0.2) is 0 Å². The number of thiophene rings is 1. The van der Waals surface area contributed by atoms with E-state index >= 15 is 0 Å². The molecule has 0 unspecified atom stereocenters. The van der Waals surface area contributed by atoms with E-state index in [9.17, 15) is 9.59 Å². The van der Waals surface area contributed by atoms with Crippen LogP contribution in [0, 0.1) is 0 Å². The van der Waals surface area contributed by atoms with Crippen molar-refractivity contribution >= 4 is 39.3 Å². The zero-order valence-electron chi connectivity index (χ0n) is 18.2. The van der Waals surface area contributed by atoms with Gasteiger partial charge in [0, 0.05) is 44.6 Å². The molecular weight excluding hydrogens is 440 g/mol. The van der Waals surface area contributed by atoms with Gasteiger partial charge in [-0.3, -0.25) is 19.5 Å². The number of aliphatic hydroxyl groups is 2. The van der Waals surface area contributed by atoms with Gasteiger partial charge in [0.25, 0.3) is 5.91 Å². The number of pyridine rings is 1. The van der Waals surface area contributed by atoms with E-state index < -0.39 is 5.91 Å². The molecule has 3 aromatic rings. The van der Waals surface area contributed by atoms with E-state index in [0.717, 1.165) is 26.8 Å². The third-order valence-corrected chi connectivity index (χ3v) is 6.22. The number of benzene rings is 1. The predicted molar refractivity (Wildman–Crippen MR) is 130 cm³/mol. The SMILES string of the molecule is NC(=O)c1cc2c(Cc3ccc(/C=C/C(=O)NCCN(CCO)CCO)cc3)cncc2s1. The second-order valence-corrected chi connectivity index (χ2v) is 8.60. The number of hydrogen-bond acceptors (Lipinski definition) is 7. The molecule has 3 rings (SSSR count). The third kappa shape index (κ3) is 7.19. The van der Waals surface area contributed by atoms with Gasteiger partial charge >= 0.3 is 0 Å². The molecule has 0 aliphatic carbocycles. The number of fused-ring (bicyclic) bond motifs is 1. The molecule has 0 atom stereocenters. The lowest BCUT2D eigenvalue weighted by Crippen LogP contribution is -2.37. The van der Waals surface area contributed by atoms with Crippen LogP contribution in [0.1, 0.15) is 26.4 Å². The van der Waals surface area contributed by atoms with Crippen molar-refractivity contribution in [2.45, 2.75) is 6.42 Å². The van der Waals surface area contributed by atoms with E-state index in [1.165, 1.54) is 17.4 Å². The average molecular weight is 469 g/mol. The standard InChI is InChI=1S/C24H28N4O4S/c25-24(32)21-14-20-19(15-26-16-22(20)33-21)13-18-3-1-17(2-4-18)5-6-23(31)27-7-8-28(9-11-29)10-12-30/h1-6,14-16,29-30H,7-13H2,(H2,25,32)(H,27,31)/b6-5+. The van der Waals surface area contributed by atoms with E-state index in [2.05, 4.69) is 10.3 Å². The van der Waals surface area contributed by atoms with E-state index in [-0.39, 0.29) is 19.1 Å². The van der Waals surface area contributed by atoms with Crippen molar-refractivity contribution in [2.75, 3.05) is 39.4 Å². The smallest absolute Gasteiger partial charge is 0.258 e. The molecule has 33 heavy (non-hydrogen) atoms. The van der Waals surface area contributed by atoms with Crippen molar-refractivity contribution in [3.05, 3.63) is 70.4 Å². The summed E-state index contributed by atoms with van der Waals surface area (Å²) < 4.78 is 0.933. The van der Waals surface area contributed by atoms with Crippen molar-refractivity contribution in [2.24, 2.45) is 5.73 Å². The van der Waals surface area contributed by atoms with Crippen LogP contribution >= 0.6 is 11.3 Å². The van der Waals surface area contributed by atoms with Gasteiger partial charge in [-0.2, -0.15) is 0 Å². The highest BCUT2D eigenvalue weighted by Gasteiger charge is 2.11. The number of aromatic nitrogens is 1. The molecule has 0 aliphatic rings. The molecule has 2 aromatic heterocycles. The van der Waals surface area contributed by atoms with Gasteiger partial charge < -0.3 is 21.3 Å². The lowest BCUT2D eigenvalue weighted by molar-refractivity contribution is -0.116. The second kappa shape index (κ2) is 12.2. The molecule has 174 valence electrons. The summed E-state index contributed by atoms with van der Waals surface area (Å²) in [5.41, 5.74) is 8.42. The molecule has 2 amide bonds. The number of primary amides is 1. The van der Waals surface area contributed by atoms with Crippen molar-refractivity contribution < 1.29 is 19.8 Å². The van der Waals surface area contributed by atoms with Gasteiger partial charge in [-0.1, -0.05) is 24.3 Å². The Kier molecular flexibility index (Phi) is 9.08. The number of nitrogens with two attached hydrogens (primary N) is 1. The molecule has 0 radical (unpaired) electrons. The first-order valence-corrected chi connectivity index (χ1v) is 11.5. The van der Waals surface area contributed by atoms with Gasteiger partial charge in [-0.05, 0) is 40.6 Å². The summed E-state index contributed by atoms with van der Waals surface area (Å²) in [5, 5.41) is 21.8. The quantitative estimate of drug-likeness (QED) is 0.298. The monoisotopic (exact) mass is 468 g/mol. The van der Waals surface area contributed by atoms with Crippen LogP contribution in [0.3, 0.4) is 0 Å². The lowest BCUT2D eigenvalue weighted by atomic mass is 10.0. The van der Waals surface area contributed by atoms with Crippen LogP contribution in [0.15, 0.2) is 48.8 Å². The predicted octanol–water partition coefficient (Wildman–Crippen LogP) is 1.40. The van der Waals surface area contributed by atoms with E-state index in [1.807, 2.05) is 35.2 Å². The minimum absolute atomic E-state index is 0.0111. The number of rotatable bonds is 12. The molecule has 8 nitrogen and oxygen atoms in total. The molecule has 0 saturated carbocycles. The first-order chi connectivity index (χ1) is 16.0. The first-order valence-electron chi connectivity index (χ1n) is 10.7. The zero-order valence-corrected chi connectivity index (χ0v) is 19.1. The third-order valence-electron chi connectivity index (χ3n) is 5.13. The Balaban J connectivity index is 1.55. The van der Waals surface area contributed by atoms with Gasteiger partial charge in [0.2, 0.25) is 5.91 Å². The molecule has 0 saturated heterocycles. The fourth-order valence-electron chi connectivity index (χ4n) is 3.43. The number of nitrogens with zero attached hydrogens (tertiary/aromatic N) is 2. The summed E-state index contributed by atoms with van der Waals surface area (Å²) in [5.74, 6) is -0.637. The van der Waals surface area contributed by atoms with Gasteiger partial charge in [0.1, 0.15) is 0 Å². The summed E-state index contributed by atoms with van der Waals surface area (Å²) >= 11 is 1.34. The maximum absolute atomic E-state index is 12.0. The van der Waals surface area contributed by atoms with Crippen LogP contribution in [0.25, 0.3) is 16.2 Å². The summed E-state index contributed by atoms with van der Waals surface area (Å²) in [7, 11) is 0. The number of hydrogen-bond donors (Lipinski definition) is 4. The van der Waals surface area contributed by atoms with E-state index in [1.54, 1.807) is 18.5 Å². The minimum atomic E-state index is -0.435. The fraction of sp³-hybridized carbons (Fsp3) is 0.292. The topological polar surface area (TPSA) is 129 Å². The Labute approximate surface area is 196 Å². The normalized spacial score (nSPS) is 11.5. The number of carbonyl (C=O) groups is 2. The molecule has 0 spiro atoms. The molecule has 9 heteroatoms. The van der Waals surface area contributed by atoms with Gasteiger partial charge in [0.05, 0.1) is 22.8 Å². The maximum Gasteiger partial charge on any atom is 0.258 e. The van der Waals surface area contributed by atoms with E-state index in [4.69, 9.17) is 15.9 Å². The summed E-state index contributed by atoms with van der Waals surface area (Å²) in [6.45, 7) is 1.93. The molecule has 2 heterocycles. The van der Waals surface area contributed by atoms with E-state index in [0.29, 0.717) is 37.5 Å². The second-order valence-electron chi connectivity index (χ2n) is 7.52. The molecule has 1 aromatic carbocycles. The van der Waals surface area contributed by atoms with Crippen LogP contribution in [0.4, 0.5) is 0 Å². The average Bonchev–Trinajstić information content (AvgIpc) is 3.25. The Morgan fingerprint density at radius 2 is 1.82 bits per heavy atom.